The van der Waals surface area contributed by atoms with E-state index in [2.05, 4.69) is 6.92 Å². The van der Waals surface area contributed by atoms with Crippen LogP contribution >= 0.6 is 0 Å². The maximum Gasteiger partial charge on any atom is 0.306 e. The number of nitrogens with zero attached hydrogens (tertiary/aromatic N) is 1. The molecule has 1 spiro atoms. The lowest BCUT2D eigenvalue weighted by Gasteiger charge is -2.73. The van der Waals surface area contributed by atoms with E-state index in [9.17, 15) is 19.5 Å². The predicted octanol–water partition coefficient (Wildman–Crippen LogP) is 2.81. The number of aliphatic hydroxyl groups is 1. The second-order valence-corrected chi connectivity index (χ2v) is 14.4. The Morgan fingerprint density at radius 1 is 1.11 bits per heavy atom. The van der Waals surface area contributed by atoms with Crippen molar-refractivity contribution in [2.45, 2.75) is 90.7 Å². The summed E-state index contributed by atoms with van der Waals surface area (Å²) in [6.45, 7) is 10.0. The molecular formula is C30H39NO7. The van der Waals surface area contributed by atoms with Crippen LogP contribution in [0.5, 0.6) is 0 Å². The van der Waals surface area contributed by atoms with Gasteiger partial charge in [-0.25, -0.2) is 4.90 Å². The van der Waals surface area contributed by atoms with Crippen molar-refractivity contribution in [3.63, 3.8) is 0 Å². The highest BCUT2D eigenvalue weighted by molar-refractivity contribution is 6.07. The summed E-state index contributed by atoms with van der Waals surface area (Å²) < 4.78 is 12.2. The van der Waals surface area contributed by atoms with Crippen LogP contribution in [0.1, 0.15) is 73.1 Å². The average Bonchev–Trinajstić information content (AvgIpc) is 3.11. The van der Waals surface area contributed by atoms with E-state index < -0.39 is 57.3 Å². The van der Waals surface area contributed by atoms with Crippen LogP contribution in [0.25, 0.3) is 0 Å². The lowest BCUT2D eigenvalue weighted by molar-refractivity contribution is -0.333. The third-order valence-electron chi connectivity index (χ3n) is 12.6. The first-order chi connectivity index (χ1) is 17.7. The maximum absolute atomic E-state index is 15.2. The van der Waals surface area contributed by atoms with Gasteiger partial charge in [0, 0.05) is 29.2 Å². The van der Waals surface area contributed by atoms with E-state index in [0.29, 0.717) is 31.7 Å². The third-order valence-corrected chi connectivity index (χ3v) is 12.6. The highest BCUT2D eigenvalue weighted by Gasteiger charge is 2.83. The van der Waals surface area contributed by atoms with Crippen molar-refractivity contribution in [2.24, 2.45) is 45.8 Å². The third kappa shape index (κ3) is 2.55. The van der Waals surface area contributed by atoms with Crippen LogP contribution in [-0.2, 0) is 28.7 Å². The van der Waals surface area contributed by atoms with Gasteiger partial charge in [-0.1, -0.05) is 33.3 Å². The summed E-state index contributed by atoms with van der Waals surface area (Å²) in [6, 6.07) is 0. The number of hydrogen-bond donors (Lipinski definition) is 1. The standard InChI is InChI=1S/C30H39NO7/c1-15-9-19-22(20(32)10-15)18-14-37-21(33)12-26(3)24(23(18)34)28(19,5)25(35)30(36)27(26,4)6-7-29-11-16(2)8-17(38-29)13-31(29)30/h10,16-19,22,24,36H,6-9,11-14H2,1-5H3/t16-,17+,18+,19+,22-,24+,26-,27-,28-,29?,30+/m0/s1. The molecule has 0 aromatic heterocycles. The summed E-state index contributed by atoms with van der Waals surface area (Å²) in [7, 11) is 0. The van der Waals surface area contributed by atoms with Gasteiger partial charge in [-0.15, -0.1) is 0 Å². The first kappa shape index (κ1) is 25.1. The molecule has 1 unspecified atom stereocenters. The lowest BCUT2D eigenvalue weighted by atomic mass is 9.33. The minimum Gasteiger partial charge on any atom is -0.465 e. The van der Waals surface area contributed by atoms with Gasteiger partial charge in [0.1, 0.15) is 18.1 Å². The fraction of sp³-hybridized carbons (Fsp3) is 0.800. The van der Waals surface area contributed by atoms with Crippen LogP contribution in [0, 0.1) is 45.8 Å². The Kier molecular flexibility index (Phi) is 4.78. The van der Waals surface area contributed by atoms with Crippen molar-refractivity contribution in [3.05, 3.63) is 11.6 Å². The number of piperidine rings is 1. The van der Waals surface area contributed by atoms with Crippen molar-refractivity contribution < 1.29 is 33.8 Å². The van der Waals surface area contributed by atoms with E-state index in [-0.39, 0.29) is 36.5 Å². The number of carbonyl (C=O) groups is 4. The Hall–Kier alpha value is -1.90. The number of cyclic esters (lactones) is 1. The molecule has 1 N–H and O–H groups in total. The first-order valence-electron chi connectivity index (χ1n) is 14.4. The van der Waals surface area contributed by atoms with Crippen LogP contribution in [0.3, 0.4) is 0 Å². The monoisotopic (exact) mass is 525 g/mol. The Morgan fingerprint density at radius 2 is 1.84 bits per heavy atom. The molecule has 0 aromatic carbocycles. The lowest BCUT2D eigenvalue weighted by Crippen LogP contribution is -2.84. The van der Waals surface area contributed by atoms with Crippen LogP contribution < -0.4 is 0 Å². The van der Waals surface area contributed by atoms with Gasteiger partial charge in [0.2, 0.25) is 0 Å². The van der Waals surface area contributed by atoms with Crippen LogP contribution in [0.2, 0.25) is 0 Å². The minimum atomic E-state index is -1.95. The summed E-state index contributed by atoms with van der Waals surface area (Å²) >= 11 is 0. The Bertz CT molecular complexity index is 1230. The molecular weight excluding hydrogens is 486 g/mol. The van der Waals surface area contributed by atoms with Gasteiger partial charge in [-0.2, -0.15) is 0 Å². The molecule has 4 bridgehead atoms. The largest absolute Gasteiger partial charge is 0.465 e. The number of hydrogen-bond acceptors (Lipinski definition) is 8. The Morgan fingerprint density at radius 3 is 2.58 bits per heavy atom. The van der Waals surface area contributed by atoms with Gasteiger partial charge in [-0.3, -0.25) is 19.2 Å². The Labute approximate surface area is 223 Å². The van der Waals surface area contributed by atoms with E-state index in [1.54, 1.807) is 6.08 Å². The topological polar surface area (TPSA) is 110 Å². The zero-order valence-corrected chi connectivity index (χ0v) is 23.0. The quantitative estimate of drug-likeness (QED) is 0.481. The van der Waals surface area contributed by atoms with Gasteiger partial charge in [-0.05, 0) is 62.4 Å². The molecule has 8 nitrogen and oxygen atoms in total. The van der Waals surface area contributed by atoms with Gasteiger partial charge >= 0.3 is 5.97 Å². The van der Waals surface area contributed by atoms with Crippen molar-refractivity contribution in [1.29, 1.82) is 0 Å². The van der Waals surface area contributed by atoms with Gasteiger partial charge in [0.15, 0.2) is 17.3 Å². The number of esters is 1. The maximum atomic E-state index is 15.2. The summed E-state index contributed by atoms with van der Waals surface area (Å²) in [5.41, 5.74) is -5.27. The normalized spacial score (nSPS) is 55.7. The SMILES string of the molecule is CC1=CC(=O)[C@@H]2[C@@H](C1)[C@]1(C)C(=O)[C@]3(O)N4C[C@H]5C[C@H](C)CC4(CC[C@@]3(C)[C@@]3(C)CC(=O)OC[C@H]2C(=O)[C@@H]13)O5. The summed E-state index contributed by atoms with van der Waals surface area (Å²) in [6.07, 6.45) is 4.61. The number of fused-ring (bicyclic) bond motifs is 8. The number of Topliss-reactive ketones (excluding diaryl/α,β-unsaturated/α-hetero) is 2. The zero-order chi connectivity index (χ0) is 27.2. The highest BCUT2D eigenvalue weighted by Crippen LogP contribution is 2.74. The molecule has 38 heavy (non-hydrogen) atoms. The molecule has 8 heteroatoms. The molecule has 0 radical (unpaired) electrons. The molecule has 0 aromatic rings. The molecule has 206 valence electrons. The molecule has 2 saturated carbocycles. The molecule has 4 heterocycles. The second-order valence-electron chi connectivity index (χ2n) is 14.4. The van der Waals surface area contributed by atoms with E-state index in [4.69, 9.17) is 9.47 Å². The van der Waals surface area contributed by atoms with E-state index in [0.717, 1.165) is 18.4 Å². The molecule has 4 aliphatic heterocycles. The molecule has 0 amide bonds. The number of ether oxygens (including phenoxy) is 2. The van der Waals surface area contributed by atoms with Crippen molar-refractivity contribution in [3.8, 4) is 0 Å². The zero-order valence-electron chi connectivity index (χ0n) is 23.0. The van der Waals surface area contributed by atoms with Crippen molar-refractivity contribution in [1.82, 2.24) is 4.90 Å². The van der Waals surface area contributed by atoms with E-state index in [1.807, 2.05) is 32.6 Å². The molecule has 7 rings (SSSR count). The van der Waals surface area contributed by atoms with Crippen molar-refractivity contribution >= 4 is 23.3 Å². The van der Waals surface area contributed by atoms with E-state index in [1.165, 1.54) is 0 Å². The number of allylic oxidation sites excluding steroid dienone is 2. The number of carbonyl (C=O) groups excluding carboxylic acids is 4. The fourth-order valence-electron chi connectivity index (χ4n) is 10.9. The predicted molar refractivity (Wildman–Crippen MR) is 134 cm³/mol. The summed E-state index contributed by atoms with van der Waals surface area (Å²) in [5.74, 6) is -3.51. The van der Waals surface area contributed by atoms with Gasteiger partial charge in [0.05, 0.1) is 18.4 Å². The van der Waals surface area contributed by atoms with E-state index >= 15 is 4.79 Å². The van der Waals surface area contributed by atoms with Crippen LogP contribution in [0.4, 0.5) is 0 Å². The Balaban J connectivity index is 1.50. The van der Waals surface area contributed by atoms with Crippen LogP contribution in [-0.4, -0.2) is 64.0 Å². The minimum absolute atomic E-state index is 0.0561. The fourth-order valence-corrected chi connectivity index (χ4v) is 10.9. The average molecular weight is 526 g/mol. The molecule has 6 fully saturated rings. The summed E-state index contributed by atoms with van der Waals surface area (Å²) in [4.78, 5) is 58.4. The first-order valence-corrected chi connectivity index (χ1v) is 14.4. The number of rotatable bonds is 0. The summed E-state index contributed by atoms with van der Waals surface area (Å²) in [5, 5.41) is 13.1. The second kappa shape index (κ2) is 7.24. The molecule has 4 saturated heterocycles. The highest BCUT2D eigenvalue weighted by atomic mass is 16.6. The number of ketones is 3. The van der Waals surface area contributed by atoms with Crippen LogP contribution in [0.15, 0.2) is 11.6 Å². The molecule has 11 atom stereocenters. The smallest absolute Gasteiger partial charge is 0.306 e. The van der Waals surface area contributed by atoms with Gasteiger partial charge < -0.3 is 14.6 Å². The van der Waals surface area contributed by atoms with Crippen molar-refractivity contribution in [2.75, 3.05) is 13.2 Å². The van der Waals surface area contributed by atoms with Gasteiger partial charge in [0.25, 0.3) is 0 Å². The molecule has 3 aliphatic carbocycles. The molecule has 7 aliphatic rings.